The molecule has 2 fully saturated rings. The van der Waals surface area contributed by atoms with Gasteiger partial charge < -0.3 is 10.2 Å². The van der Waals surface area contributed by atoms with Crippen molar-refractivity contribution in [3.63, 3.8) is 0 Å². The second-order valence-corrected chi connectivity index (χ2v) is 5.16. The van der Waals surface area contributed by atoms with Crippen LogP contribution in [0, 0.1) is 5.92 Å². The van der Waals surface area contributed by atoms with Gasteiger partial charge in [0.25, 0.3) is 0 Å². The van der Waals surface area contributed by atoms with E-state index in [1.807, 2.05) is 17.3 Å². The van der Waals surface area contributed by atoms with E-state index >= 15 is 0 Å². The second-order valence-electron chi connectivity index (χ2n) is 5.16. The van der Waals surface area contributed by atoms with Gasteiger partial charge in [-0.25, -0.2) is 4.99 Å². The van der Waals surface area contributed by atoms with Crippen molar-refractivity contribution < 1.29 is 4.84 Å². The van der Waals surface area contributed by atoms with Gasteiger partial charge in [0.05, 0.1) is 6.54 Å². The van der Waals surface area contributed by atoms with E-state index in [9.17, 15) is 0 Å². The topological polar surface area (TPSA) is 49.5 Å². The normalized spacial score (nSPS) is 34.7. The lowest BCUT2D eigenvalue weighted by Crippen LogP contribution is -2.32. The average Bonchev–Trinajstić information content (AvgIpc) is 3.03. The lowest BCUT2D eigenvalue weighted by atomic mass is 9.98. The number of piperidine rings is 1. The third kappa shape index (κ3) is 1.47. The number of aliphatic imine (C=N–C) groups is 1. The predicted molar refractivity (Wildman–Crippen MR) is 66.7 cm³/mol. The summed E-state index contributed by atoms with van der Waals surface area (Å²) in [4.78, 5) is 14.9. The second kappa shape index (κ2) is 3.76. The zero-order valence-corrected chi connectivity index (χ0v) is 10.2. The molecule has 2 atom stereocenters. The van der Waals surface area contributed by atoms with Gasteiger partial charge in [0, 0.05) is 23.9 Å². The third-order valence-electron chi connectivity index (χ3n) is 3.98. The highest BCUT2D eigenvalue weighted by Gasteiger charge is 2.62. The minimum absolute atomic E-state index is 0.255. The maximum Gasteiger partial charge on any atom is 0.215 e. The van der Waals surface area contributed by atoms with Crippen LogP contribution in [0.2, 0.25) is 0 Å². The fourth-order valence-corrected chi connectivity index (χ4v) is 2.81. The van der Waals surface area contributed by atoms with Crippen LogP contribution in [-0.4, -0.2) is 35.6 Å². The van der Waals surface area contributed by atoms with E-state index in [0.29, 0.717) is 5.92 Å². The maximum absolute atomic E-state index is 5.86. The molecule has 1 aromatic heterocycles. The summed E-state index contributed by atoms with van der Waals surface area (Å²) in [5, 5.41) is 5.33. The lowest BCUT2D eigenvalue weighted by Gasteiger charge is -2.21. The van der Waals surface area contributed by atoms with Crippen LogP contribution >= 0.6 is 0 Å². The average molecular weight is 244 g/mol. The Kier molecular flexibility index (Phi) is 2.19. The van der Waals surface area contributed by atoms with Gasteiger partial charge in [0.1, 0.15) is 0 Å². The predicted octanol–water partition coefficient (Wildman–Crippen LogP) is 0.893. The van der Waals surface area contributed by atoms with Crippen molar-refractivity contribution in [3.05, 3.63) is 30.1 Å². The molecule has 0 bridgehead atoms. The van der Waals surface area contributed by atoms with E-state index in [0.717, 1.165) is 43.9 Å². The molecule has 2 unspecified atom stereocenters. The minimum atomic E-state index is -0.255. The Hall–Kier alpha value is -1.46. The molecule has 1 N–H and O–H groups in total. The molecule has 0 spiro atoms. The van der Waals surface area contributed by atoms with Crippen molar-refractivity contribution in [3.8, 4) is 0 Å². The van der Waals surface area contributed by atoms with Gasteiger partial charge in [-0.15, -0.1) is 5.06 Å². The molecular formula is C13H16N4O. The van der Waals surface area contributed by atoms with E-state index in [2.05, 4.69) is 16.4 Å². The summed E-state index contributed by atoms with van der Waals surface area (Å²) in [7, 11) is 0. The standard InChI is InChI=1S/C13H16N4O/c1-2-11(8-15-5-1)13-9-17(13)18-12(16-13)10-3-6-14-7-4-10/h1-2,5,8,10,14H,3-4,6-7,9H2. The van der Waals surface area contributed by atoms with Crippen LogP contribution in [0.3, 0.4) is 0 Å². The first-order valence-electron chi connectivity index (χ1n) is 6.55. The van der Waals surface area contributed by atoms with E-state index in [1.165, 1.54) is 0 Å². The fourth-order valence-electron chi connectivity index (χ4n) is 2.81. The fraction of sp³-hybridized carbons (Fsp3) is 0.538. The van der Waals surface area contributed by atoms with Crippen molar-refractivity contribution in [2.45, 2.75) is 18.5 Å². The smallest absolute Gasteiger partial charge is 0.215 e. The van der Waals surface area contributed by atoms with Gasteiger partial charge in [0.15, 0.2) is 5.66 Å². The number of nitrogens with one attached hydrogen (secondary N) is 1. The Morgan fingerprint density at radius 2 is 2.28 bits per heavy atom. The molecule has 0 aromatic carbocycles. The van der Waals surface area contributed by atoms with Crippen LogP contribution in [0.25, 0.3) is 0 Å². The molecule has 3 aliphatic rings. The van der Waals surface area contributed by atoms with E-state index < -0.39 is 0 Å². The molecule has 3 aliphatic heterocycles. The molecule has 0 saturated carbocycles. The molecule has 5 heteroatoms. The monoisotopic (exact) mass is 244 g/mol. The summed E-state index contributed by atoms with van der Waals surface area (Å²) in [6.07, 6.45) is 5.92. The molecule has 2 saturated heterocycles. The summed E-state index contributed by atoms with van der Waals surface area (Å²) < 4.78 is 0. The Bertz CT molecular complexity index is 483. The van der Waals surface area contributed by atoms with Gasteiger partial charge in [-0.05, 0) is 32.0 Å². The number of hydroxylamine groups is 2. The highest BCUT2D eigenvalue weighted by Crippen LogP contribution is 2.49. The number of nitrogens with zero attached hydrogens (tertiary/aromatic N) is 3. The van der Waals surface area contributed by atoms with Crippen molar-refractivity contribution in [1.29, 1.82) is 0 Å². The number of hydrogen-bond acceptors (Lipinski definition) is 5. The van der Waals surface area contributed by atoms with Gasteiger partial charge in [-0.2, -0.15) is 0 Å². The first kappa shape index (κ1) is 10.5. The van der Waals surface area contributed by atoms with Gasteiger partial charge in [-0.1, -0.05) is 6.07 Å². The third-order valence-corrected chi connectivity index (χ3v) is 3.98. The Morgan fingerprint density at radius 3 is 3.06 bits per heavy atom. The number of aromatic nitrogens is 1. The minimum Gasteiger partial charge on any atom is -0.387 e. The first-order valence-corrected chi connectivity index (χ1v) is 6.55. The molecule has 94 valence electrons. The van der Waals surface area contributed by atoms with Gasteiger partial charge in [0.2, 0.25) is 5.90 Å². The molecule has 5 nitrogen and oxygen atoms in total. The number of hydrogen-bond donors (Lipinski definition) is 1. The molecule has 1 aromatic rings. The van der Waals surface area contributed by atoms with Crippen molar-refractivity contribution in [2.75, 3.05) is 19.6 Å². The van der Waals surface area contributed by atoms with E-state index in [1.54, 1.807) is 6.20 Å². The van der Waals surface area contributed by atoms with Gasteiger partial charge in [-0.3, -0.25) is 4.98 Å². The molecule has 0 amide bonds. The van der Waals surface area contributed by atoms with Crippen LogP contribution in [0.4, 0.5) is 0 Å². The lowest BCUT2D eigenvalue weighted by molar-refractivity contribution is 0.0283. The van der Waals surface area contributed by atoms with Crippen LogP contribution in [-0.2, 0) is 10.5 Å². The Morgan fingerprint density at radius 1 is 1.39 bits per heavy atom. The largest absolute Gasteiger partial charge is 0.387 e. The van der Waals surface area contributed by atoms with Crippen LogP contribution in [0.1, 0.15) is 18.4 Å². The Balaban J connectivity index is 1.60. The quantitative estimate of drug-likeness (QED) is 0.785. The summed E-state index contributed by atoms with van der Waals surface area (Å²) >= 11 is 0. The number of fused-ring (bicyclic) bond motifs is 1. The van der Waals surface area contributed by atoms with Crippen molar-refractivity contribution in [1.82, 2.24) is 15.4 Å². The van der Waals surface area contributed by atoms with Crippen molar-refractivity contribution in [2.24, 2.45) is 10.9 Å². The van der Waals surface area contributed by atoms with Crippen molar-refractivity contribution >= 4 is 5.90 Å². The maximum atomic E-state index is 5.86. The Labute approximate surface area is 106 Å². The summed E-state index contributed by atoms with van der Waals surface area (Å²) in [5.41, 5.74) is 0.878. The molecular weight excluding hydrogens is 228 g/mol. The number of pyridine rings is 1. The molecule has 18 heavy (non-hydrogen) atoms. The molecule has 4 heterocycles. The highest BCUT2D eigenvalue weighted by atomic mass is 16.7. The number of rotatable bonds is 2. The molecule has 4 rings (SSSR count). The molecule has 0 aliphatic carbocycles. The molecule has 0 radical (unpaired) electrons. The van der Waals surface area contributed by atoms with E-state index in [4.69, 9.17) is 9.83 Å². The van der Waals surface area contributed by atoms with Crippen LogP contribution < -0.4 is 5.32 Å². The van der Waals surface area contributed by atoms with Gasteiger partial charge >= 0.3 is 0 Å². The van der Waals surface area contributed by atoms with Crippen LogP contribution in [0.5, 0.6) is 0 Å². The SMILES string of the molecule is c1cncc(C23CN2OC(C2CCNCC2)=N3)c1. The summed E-state index contributed by atoms with van der Waals surface area (Å²) in [5.74, 6) is 1.40. The highest BCUT2D eigenvalue weighted by molar-refractivity contribution is 5.81. The first-order chi connectivity index (χ1) is 8.88. The summed E-state index contributed by atoms with van der Waals surface area (Å²) in [6, 6.07) is 4.03. The summed E-state index contributed by atoms with van der Waals surface area (Å²) in [6.45, 7) is 2.98. The zero-order valence-electron chi connectivity index (χ0n) is 10.2. The van der Waals surface area contributed by atoms with E-state index in [-0.39, 0.29) is 5.66 Å². The zero-order chi connectivity index (χ0) is 12.0. The van der Waals surface area contributed by atoms with Crippen LogP contribution in [0.15, 0.2) is 29.5 Å².